The number of methoxy groups -OCH3 is 1. The molecule has 1 heterocycles. The SMILES string of the molecule is COc1ccc2c(c1)[C@@]1(CCOCc3ccccc3)CCN(CC3CC3)[C@H](C2)[C@@H]1C. The van der Waals surface area contributed by atoms with Crippen LogP contribution >= 0.6 is 0 Å². The standard InChI is InChI=1S/C27H35NO2/c1-20-26-16-23-10-11-24(29-2)17-25(23)27(20,12-14-28(26)18-21-8-9-21)13-15-30-19-22-6-4-3-5-7-22/h3-7,10-11,17,20-21,26H,8-9,12-16,18-19H2,1-2H3/t20-,26+,27+/m0/s1. The van der Waals surface area contributed by atoms with Gasteiger partial charge in [0.2, 0.25) is 0 Å². The van der Waals surface area contributed by atoms with E-state index in [1.165, 1.54) is 55.5 Å². The van der Waals surface area contributed by atoms with Crippen molar-refractivity contribution in [2.45, 2.75) is 57.1 Å². The molecule has 3 atom stereocenters. The average molecular weight is 406 g/mol. The molecular weight excluding hydrogens is 370 g/mol. The predicted octanol–water partition coefficient (Wildman–Crippen LogP) is 5.22. The van der Waals surface area contributed by atoms with Gasteiger partial charge in [-0.15, -0.1) is 0 Å². The molecule has 3 aliphatic rings. The molecule has 0 radical (unpaired) electrons. The van der Waals surface area contributed by atoms with Crippen molar-refractivity contribution in [3.8, 4) is 5.75 Å². The van der Waals surface area contributed by atoms with Crippen molar-refractivity contribution in [2.75, 3.05) is 26.8 Å². The van der Waals surface area contributed by atoms with Crippen molar-refractivity contribution in [3.63, 3.8) is 0 Å². The minimum Gasteiger partial charge on any atom is -0.497 e. The highest BCUT2D eigenvalue weighted by molar-refractivity contribution is 5.45. The molecule has 0 N–H and O–H groups in total. The summed E-state index contributed by atoms with van der Waals surface area (Å²) < 4.78 is 11.8. The molecule has 1 saturated carbocycles. The molecule has 2 fully saturated rings. The molecular formula is C27H35NO2. The van der Waals surface area contributed by atoms with Gasteiger partial charge in [0, 0.05) is 24.6 Å². The van der Waals surface area contributed by atoms with Gasteiger partial charge in [0.25, 0.3) is 0 Å². The molecule has 2 aliphatic carbocycles. The summed E-state index contributed by atoms with van der Waals surface area (Å²) in [6, 6.07) is 18.0. The number of nitrogens with zero attached hydrogens (tertiary/aromatic N) is 1. The van der Waals surface area contributed by atoms with E-state index in [1.807, 2.05) is 0 Å². The maximum absolute atomic E-state index is 6.19. The van der Waals surface area contributed by atoms with E-state index in [0.29, 0.717) is 18.6 Å². The lowest BCUT2D eigenvalue weighted by atomic mass is 9.56. The molecule has 3 heteroatoms. The molecule has 0 spiro atoms. The van der Waals surface area contributed by atoms with Gasteiger partial charge in [0.1, 0.15) is 5.75 Å². The first-order valence-corrected chi connectivity index (χ1v) is 11.7. The van der Waals surface area contributed by atoms with Crippen molar-refractivity contribution in [2.24, 2.45) is 11.8 Å². The number of likely N-dealkylation sites (tertiary alicyclic amines) is 1. The molecule has 3 nitrogen and oxygen atoms in total. The van der Waals surface area contributed by atoms with Crippen LogP contribution in [0.15, 0.2) is 48.5 Å². The lowest BCUT2D eigenvalue weighted by molar-refractivity contribution is -0.00214. The largest absolute Gasteiger partial charge is 0.497 e. The molecule has 5 rings (SSSR count). The van der Waals surface area contributed by atoms with Crippen LogP contribution in [0, 0.1) is 11.8 Å². The third kappa shape index (κ3) is 3.78. The molecule has 1 saturated heterocycles. The summed E-state index contributed by atoms with van der Waals surface area (Å²) in [4.78, 5) is 2.82. The van der Waals surface area contributed by atoms with Gasteiger partial charge in [-0.1, -0.05) is 43.3 Å². The van der Waals surface area contributed by atoms with E-state index >= 15 is 0 Å². The van der Waals surface area contributed by atoms with Gasteiger partial charge < -0.3 is 9.47 Å². The molecule has 2 bridgehead atoms. The third-order valence-electron chi connectivity index (χ3n) is 8.04. The summed E-state index contributed by atoms with van der Waals surface area (Å²) in [5.74, 6) is 2.59. The van der Waals surface area contributed by atoms with Crippen LogP contribution in [0.1, 0.15) is 49.3 Å². The smallest absolute Gasteiger partial charge is 0.119 e. The van der Waals surface area contributed by atoms with Crippen molar-refractivity contribution < 1.29 is 9.47 Å². The summed E-state index contributed by atoms with van der Waals surface area (Å²) in [6.45, 7) is 6.55. The van der Waals surface area contributed by atoms with Crippen LogP contribution in [0.5, 0.6) is 5.75 Å². The molecule has 0 unspecified atom stereocenters. The molecule has 0 aromatic heterocycles. The molecule has 30 heavy (non-hydrogen) atoms. The van der Waals surface area contributed by atoms with Gasteiger partial charge in [-0.3, -0.25) is 4.90 Å². The van der Waals surface area contributed by atoms with Gasteiger partial charge in [-0.05, 0) is 79.3 Å². The Bertz CT molecular complexity index is 862. The van der Waals surface area contributed by atoms with Gasteiger partial charge in [0.15, 0.2) is 0 Å². The zero-order valence-electron chi connectivity index (χ0n) is 18.5. The first-order valence-electron chi connectivity index (χ1n) is 11.7. The maximum Gasteiger partial charge on any atom is 0.119 e. The minimum atomic E-state index is 0.198. The first-order chi connectivity index (χ1) is 14.7. The zero-order valence-corrected chi connectivity index (χ0v) is 18.5. The summed E-state index contributed by atoms with van der Waals surface area (Å²) in [6.07, 6.45) is 6.37. The highest BCUT2D eigenvalue weighted by atomic mass is 16.5. The van der Waals surface area contributed by atoms with Gasteiger partial charge >= 0.3 is 0 Å². The summed E-state index contributed by atoms with van der Waals surface area (Å²) in [5, 5.41) is 0. The Hall–Kier alpha value is -1.84. The van der Waals surface area contributed by atoms with Gasteiger partial charge in [0.05, 0.1) is 13.7 Å². The van der Waals surface area contributed by atoms with Crippen LogP contribution in [-0.4, -0.2) is 37.7 Å². The van der Waals surface area contributed by atoms with Gasteiger partial charge in [-0.25, -0.2) is 0 Å². The number of fused-ring (bicyclic) bond motifs is 4. The summed E-state index contributed by atoms with van der Waals surface area (Å²) >= 11 is 0. The zero-order chi connectivity index (χ0) is 20.6. The van der Waals surface area contributed by atoms with Crippen molar-refractivity contribution in [1.29, 1.82) is 0 Å². The van der Waals surface area contributed by atoms with Crippen LogP contribution in [0.4, 0.5) is 0 Å². The number of benzene rings is 2. The normalized spacial score (nSPS) is 28.2. The van der Waals surface area contributed by atoms with Crippen LogP contribution in [0.2, 0.25) is 0 Å². The van der Waals surface area contributed by atoms with Crippen molar-refractivity contribution in [1.82, 2.24) is 4.90 Å². The third-order valence-corrected chi connectivity index (χ3v) is 8.04. The predicted molar refractivity (Wildman–Crippen MR) is 121 cm³/mol. The highest BCUT2D eigenvalue weighted by Gasteiger charge is 2.51. The molecule has 0 amide bonds. The maximum atomic E-state index is 6.19. The Labute approximate surface area is 181 Å². The fourth-order valence-corrected chi connectivity index (χ4v) is 6.02. The summed E-state index contributed by atoms with van der Waals surface area (Å²) in [7, 11) is 1.78. The van der Waals surface area contributed by atoms with Gasteiger partial charge in [-0.2, -0.15) is 0 Å². The topological polar surface area (TPSA) is 21.7 Å². The lowest BCUT2D eigenvalue weighted by Crippen LogP contribution is -2.59. The molecule has 2 aromatic carbocycles. The minimum absolute atomic E-state index is 0.198. The van der Waals surface area contributed by atoms with Crippen LogP contribution in [-0.2, 0) is 23.2 Å². The van der Waals surface area contributed by atoms with Crippen LogP contribution in [0.25, 0.3) is 0 Å². The number of hydrogen-bond donors (Lipinski definition) is 0. The molecule has 1 aliphatic heterocycles. The average Bonchev–Trinajstić information content (AvgIpc) is 3.59. The molecule has 2 aromatic rings. The Morgan fingerprint density at radius 2 is 1.93 bits per heavy atom. The quantitative estimate of drug-likeness (QED) is 0.562. The Morgan fingerprint density at radius 1 is 1.10 bits per heavy atom. The van der Waals surface area contributed by atoms with E-state index in [2.05, 4.69) is 60.4 Å². The van der Waals surface area contributed by atoms with E-state index in [0.717, 1.165) is 24.7 Å². The number of ether oxygens (including phenoxy) is 2. The Morgan fingerprint density at radius 3 is 2.70 bits per heavy atom. The molecule has 160 valence electrons. The fraction of sp³-hybridized carbons (Fsp3) is 0.556. The number of hydrogen-bond acceptors (Lipinski definition) is 3. The highest BCUT2D eigenvalue weighted by Crippen LogP contribution is 2.52. The van der Waals surface area contributed by atoms with Crippen molar-refractivity contribution in [3.05, 3.63) is 65.2 Å². The Kier molecular flexibility index (Phi) is 5.59. The second-order valence-corrected chi connectivity index (χ2v) is 9.72. The Balaban J connectivity index is 1.37. The van der Waals surface area contributed by atoms with E-state index in [4.69, 9.17) is 9.47 Å². The van der Waals surface area contributed by atoms with E-state index in [1.54, 1.807) is 7.11 Å². The van der Waals surface area contributed by atoms with Crippen LogP contribution in [0.3, 0.4) is 0 Å². The lowest BCUT2D eigenvalue weighted by Gasteiger charge is -2.56. The fourth-order valence-electron chi connectivity index (χ4n) is 6.02. The number of piperidine rings is 1. The van der Waals surface area contributed by atoms with E-state index in [-0.39, 0.29) is 5.41 Å². The van der Waals surface area contributed by atoms with E-state index < -0.39 is 0 Å². The second kappa shape index (κ2) is 8.36. The summed E-state index contributed by atoms with van der Waals surface area (Å²) in [5.41, 5.74) is 4.51. The first kappa shape index (κ1) is 20.1. The van der Waals surface area contributed by atoms with Crippen molar-refractivity contribution >= 4 is 0 Å². The number of rotatable bonds is 8. The van der Waals surface area contributed by atoms with Crippen LogP contribution < -0.4 is 4.74 Å². The second-order valence-electron chi connectivity index (χ2n) is 9.72. The van der Waals surface area contributed by atoms with E-state index in [9.17, 15) is 0 Å². The monoisotopic (exact) mass is 405 g/mol.